The van der Waals surface area contributed by atoms with E-state index in [0.717, 1.165) is 38.5 Å². The monoisotopic (exact) mass is 337 g/mol. The number of rotatable bonds is 8. The molecule has 3 rings (SSSR count). The molecule has 134 valence electrons. The summed E-state index contributed by atoms with van der Waals surface area (Å²) in [5.74, 6) is -0.00642. The highest BCUT2D eigenvalue weighted by atomic mass is 16.5. The van der Waals surface area contributed by atoms with Crippen molar-refractivity contribution in [3.63, 3.8) is 0 Å². The van der Waals surface area contributed by atoms with E-state index in [-0.39, 0.29) is 17.8 Å². The summed E-state index contributed by atoms with van der Waals surface area (Å²) in [6.07, 6.45) is 6.44. The molecule has 0 bridgehead atoms. The first-order valence-corrected chi connectivity index (χ1v) is 9.00. The highest BCUT2D eigenvalue weighted by molar-refractivity contribution is 6.07. The zero-order valence-corrected chi connectivity index (χ0v) is 14.4. The summed E-state index contributed by atoms with van der Waals surface area (Å²) >= 11 is 0. The number of carbonyl (C=O) groups excluding carboxylic acids is 3. The van der Waals surface area contributed by atoms with E-state index in [4.69, 9.17) is 4.74 Å². The number of hydrogen-bond acceptors (Lipinski definition) is 4. The Hall–Kier alpha value is -1.63. The SMILES string of the molecule is COCCN(C(=O)CCCN1C(=O)NC2(CCCC2)C1=O)C1CC1. The fourth-order valence-electron chi connectivity index (χ4n) is 3.82. The van der Waals surface area contributed by atoms with Crippen LogP contribution in [0.25, 0.3) is 0 Å². The molecule has 0 radical (unpaired) electrons. The van der Waals surface area contributed by atoms with Gasteiger partial charge in [-0.15, -0.1) is 0 Å². The van der Waals surface area contributed by atoms with Gasteiger partial charge in [-0.05, 0) is 32.1 Å². The average Bonchev–Trinajstić information content (AvgIpc) is 3.24. The van der Waals surface area contributed by atoms with E-state index >= 15 is 0 Å². The van der Waals surface area contributed by atoms with Crippen molar-refractivity contribution >= 4 is 17.8 Å². The molecule has 7 nitrogen and oxygen atoms in total. The third kappa shape index (κ3) is 3.41. The van der Waals surface area contributed by atoms with E-state index in [1.165, 1.54) is 4.90 Å². The molecule has 3 aliphatic rings. The van der Waals surface area contributed by atoms with Crippen LogP contribution >= 0.6 is 0 Å². The number of imide groups is 1. The Bertz CT molecular complexity index is 512. The van der Waals surface area contributed by atoms with E-state index in [2.05, 4.69) is 5.32 Å². The number of methoxy groups -OCH3 is 1. The minimum absolute atomic E-state index is 0.0946. The van der Waals surface area contributed by atoms with Crippen molar-refractivity contribution < 1.29 is 19.1 Å². The molecule has 0 aromatic carbocycles. The number of hydrogen-bond donors (Lipinski definition) is 1. The summed E-state index contributed by atoms with van der Waals surface area (Å²) in [4.78, 5) is 40.2. The summed E-state index contributed by atoms with van der Waals surface area (Å²) < 4.78 is 5.07. The standard InChI is InChI=1S/C17H27N3O4/c1-24-12-11-19(13-6-7-13)14(21)5-4-10-20-15(22)17(18-16(20)23)8-2-3-9-17/h13H,2-12H2,1H3,(H,18,23). The lowest BCUT2D eigenvalue weighted by Crippen LogP contribution is -2.44. The molecule has 0 unspecified atom stereocenters. The zero-order chi connectivity index (χ0) is 17.2. The highest BCUT2D eigenvalue weighted by Gasteiger charge is 2.52. The second kappa shape index (κ2) is 7.09. The summed E-state index contributed by atoms with van der Waals surface area (Å²) in [5.41, 5.74) is -0.653. The van der Waals surface area contributed by atoms with Gasteiger partial charge in [0.1, 0.15) is 5.54 Å². The van der Waals surface area contributed by atoms with Crippen molar-refractivity contribution in [2.24, 2.45) is 0 Å². The molecule has 1 spiro atoms. The molecule has 0 aromatic rings. The Kier molecular flexibility index (Phi) is 5.08. The van der Waals surface area contributed by atoms with Gasteiger partial charge in [-0.1, -0.05) is 12.8 Å². The second-order valence-electron chi connectivity index (χ2n) is 7.09. The molecule has 24 heavy (non-hydrogen) atoms. The Morgan fingerprint density at radius 1 is 1.33 bits per heavy atom. The van der Waals surface area contributed by atoms with Gasteiger partial charge in [-0.2, -0.15) is 0 Å². The smallest absolute Gasteiger partial charge is 0.325 e. The van der Waals surface area contributed by atoms with E-state index < -0.39 is 5.54 Å². The van der Waals surface area contributed by atoms with E-state index in [1.54, 1.807) is 7.11 Å². The van der Waals surface area contributed by atoms with E-state index in [9.17, 15) is 14.4 Å². The molecule has 7 heteroatoms. The first-order chi connectivity index (χ1) is 11.6. The number of nitrogens with zero attached hydrogens (tertiary/aromatic N) is 2. The lowest BCUT2D eigenvalue weighted by Gasteiger charge is -2.23. The fourth-order valence-corrected chi connectivity index (χ4v) is 3.82. The lowest BCUT2D eigenvalue weighted by molar-refractivity contribution is -0.134. The van der Waals surface area contributed by atoms with Gasteiger partial charge in [0.05, 0.1) is 6.61 Å². The summed E-state index contributed by atoms with van der Waals surface area (Å²) in [6, 6.07) is 0.0545. The molecule has 4 amide bonds. The van der Waals surface area contributed by atoms with Crippen molar-refractivity contribution in [1.29, 1.82) is 0 Å². The number of ether oxygens (including phenoxy) is 1. The average molecular weight is 337 g/mol. The van der Waals surface area contributed by atoms with Crippen molar-refractivity contribution in [1.82, 2.24) is 15.1 Å². The summed E-state index contributed by atoms with van der Waals surface area (Å²) in [7, 11) is 1.63. The van der Waals surface area contributed by atoms with Gasteiger partial charge in [-0.25, -0.2) is 4.79 Å². The maximum absolute atomic E-state index is 12.5. The largest absolute Gasteiger partial charge is 0.383 e. The van der Waals surface area contributed by atoms with Crippen LogP contribution in [0.5, 0.6) is 0 Å². The molecule has 1 N–H and O–H groups in total. The molecule has 1 heterocycles. The first kappa shape index (κ1) is 17.2. The lowest BCUT2D eigenvalue weighted by atomic mass is 9.98. The van der Waals surface area contributed by atoms with Crippen LogP contribution in [0.1, 0.15) is 51.4 Å². The van der Waals surface area contributed by atoms with Crippen LogP contribution in [-0.4, -0.2) is 66.0 Å². The minimum Gasteiger partial charge on any atom is -0.383 e. The minimum atomic E-state index is -0.653. The Labute approximate surface area is 142 Å². The van der Waals surface area contributed by atoms with Crippen LogP contribution in [0, 0.1) is 0 Å². The van der Waals surface area contributed by atoms with Crippen LogP contribution in [0.15, 0.2) is 0 Å². The molecular formula is C17H27N3O4. The van der Waals surface area contributed by atoms with Gasteiger partial charge in [0.2, 0.25) is 5.91 Å². The van der Waals surface area contributed by atoms with Crippen molar-refractivity contribution in [2.45, 2.75) is 62.9 Å². The molecule has 0 atom stereocenters. The maximum atomic E-state index is 12.5. The second-order valence-corrected chi connectivity index (χ2v) is 7.09. The van der Waals surface area contributed by atoms with Gasteiger partial charge in [0.25, 0.3) is 5.91 Å². The van der Waals surface area contributed by atoms with Gasteiger partial charge in [0.15, 0.2) is 0 Å². The predicted molar refractivity (Wildman–Crippen MR) is 87.3 cm³/mol. The van der Waals surface area contributed by atoms with Crippen molar-refractivity contribution in [3.8, 4) is 0 Å². The Balaban J connectivity index is 1.48. The number of carbonyl (C=O) groups is 3. The zero-order valence-electron chi connectivity index (χ0n) is 14.4. The molecule has 1 aliphatic heterocycles. The van der Waals surface area contributed by atoms with Gasteiger partial charge >= 0.3 is 6.03 Å². The fraction of sp³-hybridized carbons (Fsp3) is 0.824. The molecule has 3 fully saturated rings. The van der Waals surface area contributed by atoms with Crippen LogP contribution in [-0.2, 0) is 14.3 Å². The Morgan fingerprint density at radius 3 is 2.67 bits per heavy atom. The summed E-state index contributed by atoms with van der Waals surface area (Å²) in [5, 5.41) is 2.87. The van der Waals surface area contributed by atoms with Crippen molar-refractivity contribution in [3.05, 3.63) is 0 Å². The molecule has 0 aromatic heterocycles. The normalized spacial score (nSPS) is 22.3. The van der Waals surface area contributed by atoms with Crippen molar-refractivity contribution in [2.75, 3.05) is 26.8 Å². The van der Waals surface area contributed by atoms with Crippen LogP contribution < -0.4 is 5.32 Å². The first-order valence-electron chi connectivity index (χ1n) is 9.00. The van der Waals surface area contributed by atoms with Crippen LogP contribution in [0.4, 0.5) is 4.79 Å². The number of nitrogens with one attached hydrogen (secondary N) is 1. The predicted octanol–water partition coefficient (Wildman–Crippen LogP) is 1.27. The molecule has 2 aliphatic carbocycles. The highest BCUT2D eigenvalue weighted by Crippen LogP contribution is 2.35. The molecular weight excluding hydrogens is 310 g/mol. The van der Waals surface area contributed by atoms with E-state index in [1.807, 2.05) is 4.90 Å². The third-order valence-electron chi connectivity index (χ3n) is 5.32. The molecule has 1 saturated heterocycles. The van der Waals surface area contributed by atoms with Gasteiger partial charge in [-0.3, -0.25) is 14.5 Å². The topological polar surface area (TPSA) is 79.0 Å². The molecule has 2 saturated carbocycles. The van der Waals surface area contributed by atoms with Gasteiger partial charge in [0, 0.05) is 32.7 Å². The Morgan fingerprint density at radius 2 is 2.04 bits per heavy atom. The van der Waals surface area contributed by atoms with Crippen LogP contribution in [0.3, 0.4) is 0 Å². The number of amides is 4. The van der Waals surface area contributed by atoms with Crippen LogP contribution in [0.2, 0.25) is 0 Å². The quantitative estimate of drug-likeness (QED) is 0.677. The van der Waals surface area contributed by atoms with E-state index in [0.29, 0.717) is 38.6 Å². The van der Waals surface area contributed by atoms with Gasteiger partial charge < -0.3 is 15.0 Å². The number of urea groups is 1. The summed E-state index contributed by atoms with van der Waals surface area (Å²) in [6.45, 7) is 1.48. The maximum Gasteiger partial charge on any atom is 0.325 e. The third-order valence-corrected chi connectivity index (χ3v) is 5.32.